The summed E-state index contributed by atoms with van der Waals surface area (Å²) >= 11 is 2.91. The number of aliphatic carboxylic acids is 1. The monoisotopic (exact) mass is 311 g/mol. The van der Waals surface area contributed by atoms with Crippen LogP contribution in [0.15, 0.2) is 11.2 Å². The lowest BCUT2D eigenvalue weighted by molar-refractivity contribution is -0.133. The van der Waals surface area contributed by atoms with E-state index in [4.69, 9.17) is 5.11 Å². The van der Waals surface area contributed by atoms with E-state index in [1.54, 1.807) is 11.3 Å². The number of nitrogens with zero attached hydrogens (tertiary/aromatic N) is 3. The minimum absolute atomic E-state index is 0.00431. The van der Waals surface area contributed by atoms with E-state index in [0.717, 1.165) is 23.7 Å². The van der Waals surface area contributed by atoms with E-state index in [2.05, 4.69) is 37.0 Å². The van der Waals surface area contributed by atoms with Gasteiger partial charge in [0.2, 0.25) is 0 Å². The summed E-state index contributed by atoms with van der Waals surface area (Å²) in [7, 11) is 0. The first kappa shape index (κ1) is 15.1. The van der Waals surface area contributed by atoms with Crippen LogP contribution in [0.25, 0.3) is 10.7 Å². The first-order chi connectivity index (χ1) is 9.52. The van der Waals surface area contributed by atoms with Crippen LogP contribution in [0.4, 0.5) is 0 Å². The third kappa shape index (κ3) is 3.21. The minimum Gasteiger partial charge on any atom is -0.481 e. The molecule has 0 saturated heterocycles. The Morgan fingerprint density at radius 2 is 2.20 bits per heavy atom. The lowest BCUT2D eigenvalue weighted by atomic mass is 10.3. The average molecular weight is 311 g/mol. The number of aryl methyl sites for hydroxylation is 2. The summed E-state index contributed by atoms with van der Waals surface area (Å²) in [5.41, 5.74) is 1.25. The van der Waals surface area contributed by atoms with Gasteiger partial charge in [-0.05, 0) is 31.9 Å². The van der Waals surface area contributed by atoms with Gasteiger partial charge in [-0.3, -0.25) is 4.79 Å². The van der Waals surface area contributed by atoms with Crippen LogP contribution in [-0.2, 0) is 11.3 Å². The molecule has 2 rings (SSSR count). The number of rotatable bonds is 6. The Morgan fingerprint density at radius 1 is 1.45 bits per heavy atom. The summed E-state index contributed by atoms with van der Waals surface area (Å²) in [5, 5.41) is 17.8. The molecule has 0 spiro atoms. The molecular weight excluding hydrogens is 294 g/mol. The van der Waals surface area contributed by atoms with Crippen LogP contribution >= 0.6 is 23.1 Å². The first-order valence-electron chi connectivity index (χ1n) is 6.38. The van der Waals surface area contributed by atoms with Crippen LogP contribution in [0.5, 0.6) is 0 Å². The van der Waals surface area contributed by atoms with Crippen molar-refractivity contribution in [2.75, 3.05) is 5.75 Å². The molecule has 0 aliphatic carbocycles. The van der Waals surface area contributed by atoms with Gasteiger partial charge in [0.15, 0.2) is 11.0 Å². The Hall–Kier alpha value is -1.34. The molecule has 20 heavy (non-hydrogen) atoms. The van der Waals surface area contributed by atoms with E-state index in [1.807, 2.05) is 4.57 Å². The fourth-order valence-corrected chi connectivity index (χ4v) is 3.53. The summed E-state index contributed by atoms with van der Waals surface area (Å²) in [6, 6.07) is 2.11. The van der Waals surface area contributed by atoms with E-state index in [9.17, 15) is 4.79 Å². The largest absolute Gasteiger partial charge is 0.481 e. The Kier molecular flexibility index (Phi) is 4.82. The summed E-state index contributed by atoms with van der Waals surface area (Å²) in [6.45, 7) is 7.04. The van der Waals surface area contributed by atoms with Crippen molar-refractivity contribution in [2.24, 2.45) is 0 Å². The lowest BCUT2D eigenvalue weighted by Crippen LogP contribution is -2.04. The number of thiophene rings is 1. The molecule has 1 N–H and O–H groups in total. The second-order valence-corrected chi connectivity index (χ2v) is 6.69. The molecule has 0 amide bonds. The van der Waals surface area contributed by atoms with Gasteiger partial charge in [0.1, 0.15) is 0 Å². The highest BCUT2D eigenvalue weighted by Crippen LogP contribution is 2.31. The molecule has 7 heteroatoms. The molecule has 108 valence electrons. The van der Waals surface area contributed by atoms with Crippen molar-refractivity contribution in [2.45, 2.75) is 38.9 Å². The summed E-state index contributed by atoms with van der Waals surface area (Å²) in [6.07, 6.45) is 0.953. The summed E-state index contributed by atoms with van der Waals surface area (Å²) in [4.78, 5) is 13.0. The Labute approximate surface area is 126 Å². The molecule has 0 atom stereocenters. The van der Waals surface area contributed by atoms with Crippen LogP contribution in [-0.4, -0.2) is 31.6 Å². The second-order valence-electron chi connectivity index (χ2n) is 4.49. The molecule has 5 nitrogen and oxygen atoms in total. The van der Waals surface area contributed by atoms with Gasteiger partial charge in [0, 0.05) is 11.4 Å². The van der Waals surface area contributed by atoms with Crippen molar-refractivity contribution in [3.8, 4) is 10.7 Å². The number of thioether (sulfide) groups is 1. The standard InChI is InChI=1S/C13H17N3O2S2/c1-4-5-16-12(10-6-8(2)9(3)20-10)14-15-13(16)19-7-11(17)18/h6H,4-5,7H2,1-3H3,(H,17,18). The molecule has 0 radical (unpaired) electrons. The van der Waals surface area contributed by atoms with Crippen molar-refractivity contribution < 1.29 is 9.90 Å². The molecule has 2 heterocycles. The molecule has 0 bridgehead atoms. The van der Waals surface area contributed by atoms with Crippen LogP contribution < -0.4 is 0 Å². The van der Waals surface area contributed by atoms with E-state index in [1.165, 1.54) is 22.2 Å². The van der Waals surface area contributed by atoms with E-state index < -0.39 is 5.97 Å². The van der Waals surface area contributed by atoms with Crippen molar-refractivity contribution in [3.63, 3.8) is 0 Å². The van der Waals surface area contributed by atoms with Crippen LogP contribution in [0.3, 0.4) is 0 Å². The smallest absolute Gasteiger partial charge is 0.313 e. The molecular formula is C13H17N3O2S2. The fraction of sp³-hybridized carbons (Fsp3) is 0.462. The zero-order valence-electron chi connectivity index (χ0n) is 11.7. The zero-order valence-corrected chi connectivity index (χ0v) is 13.3. The molecule has 0 aliphatic heterocycles. The lowest BCUT2D eigenvalue weighted by Gasteiger charge is -2.06. The molecule has 2 aromatic rings. The second kappa shape index (κ2) is 6.41. The van der Waals surface area contributed by atoms with E-state index in [-0.39, 0.29) is 5.75 Å². The first-order valence-corrected chi connectivity index (χ1v) is 8.18. The zero-order chi connectivity index (χ0) is 14.7. The predicted octanol–water partition coefficient (Wildman–Crippen LogP) is 3.21. The van der Waals surface area contributed by atoms with E-state index >= 15 is 0 Å². The van der Waals surface area contributed by atoms with Gasteiger partial charge >= 0.3 is 5.97 Å². The van der Waals surface area contributed by atoms with Gasteiger partial charge in [-0.25, -0.2) is 0 Å². The fourth-order valence-electron chi connectivity index (χ4n) is 1.81. The number of aromatic nitrogens is 3. The normalized spacial score (nSPS) is 10.9. The quantitative estimate of drug-likeness (QED) is 0.830. The van der Waals surface area contributed by atoms with Crippen molar-refractivity contribution in [1.82, 2.24) is 14.8 Å². The predicted molar refractivity (Wildman–Crippen MR) is 81.5 cm³/mol. The van der Waals surface area contributed by atoms with Gasteiger partial charge < -0.3 is 9.67 Å². The third-order valence-corrected chi connectivity index (χ3v) is 4.98. The molecule has 0 aromatic carbocycles. The van der Waals surface area contributed by atoms with E-state index in [0.29, 0.717) is 5.16 Å². The van der Waals surface area contributed by atoms with Gasteiger partial charge in [0.05, 0.1) is 10.6 Å². The number of hydrogen-bond acceptors (Lipinski definition) is 5. The third-order valence-electron chi connectivity index (χ3n) is 2.88. The summed E-state index contributed by atoms with van der Waals surface area (Å²) < 4.78 is 2.01. The van der Waals surface area contributed by atoms with Crippen LogP contribution in [0, 0.1) is 13.8 Å². The number of carbonyl (C=O) groups is 1. The topological polar surface area (TPSA) is 68.0 Å². The average Bonchev–Trinajstić information content (AvgIpc) is 2.92. The number of carboxylic acid groups (broad SMARTS) is 1. The molecule has 0 saturated carbocycles. The minimum atomic E-state index is -0.842. The van der Waals surface area contributed by atoms with Crippen molar-refractivity contribution in [3.05, 3.63) is 16.5 Å². The SMILES string of the molecule is CCCn1c(SCC(=O)O)nnc1-c1cc(C)c(C)s1. The Balaban J connectivity index is 2.35. The highest BCUT2D eigenvalue weighted by atomic mass is 32.2. The molecule has 0 fully saturated rings. The van der Waals surface area contributed by atoms with Crippen LogP contribution in [0.1, 0.15) is 23.8 Å². The highest BCUT2D eigenvalue weighted by molar-refractivity contribution is 7.99. The van der Waals surface area contributed by atoms with Gasteiger partial charge in [0.25, 0.3) is 0 Å². The summed E-state index contributed by atoms with van der Waals surface area (Å²) in [5.74, 6) is -0.00370. The molecule has 2 aromatic heterocycles. The van der Waals surface area contributed by atoms with Crippen molar-refractivity contribution in [1.29, 1.82) is 0 Å². The Morgan fingerprint density at radius 3 is 2.75 bits per heavy atom. The molecule has 0 aliphatic rings. The van der Waals surface area contributed by atoms with Gasteiger partial charge in [-0.2, -0.15) is 0 Å². The number of hydrogen-bond donors (Lipinski definition) is 1. The maximum absolute atomic E-state index is 10.7. The number of carboxylic acids is 1. The molecule has 0 unspecified atom stereocenters. The highest BCUT2D eigenvalue weighted by Gasteiger charge is 2.16. The van der Waals surface area contributed by atoms with Crippen LogP contribution in [0.2, 0.25) is 0 Å². The maximum atomic E-state index is 10.7. The van der Waals surface area contributed by atoms with Gasteiger partial charge in [-0.1, -0.05) is 18.7 Å². The van der Waals surface area contributed by atoms with Gasteiger partial charge in [-0.15, -0.1) is 21.5 Å². The Bertz CT molecular complexity index is 600. The van der Waals surface area contributed by atoms with Crippen molar-refractivity contribution >= 4 is 29.1 Å². The maximum Gasteiger partial charge on any atom is 0.313 e.